The second-order valence-corrected chi connectivity index (χ2v) is 5.36. The van der Waals surface area contributed by atoms with E-state index < -0.39 is 0 Å². The van der Waals surface area contributed by atoms with Gasteiger partial charge in [-0.05, 0) is 33.7 Å². The Balaban J connectivity index is 0.00000104. The summed E-state index contributed by atoms with van der Waals surface area (Å²) in [6.07, 6.45) is 0. The molecule has 0 atom stereocenters. The van der Waals surface area contributed by atoms with Crippen molar-refractivity contribution in [3.8, 4) is 22.6 Å². The Kier molecular flexibility index (Phi) is 6.20. The third-order valence-electron chi connectivity index (χ3n) is 4.06. The first-order chi connectivity index (χ1) is 10.8. The van der Waals surface area contributed by atoms with Crippen LogP contribution in [0, 0.1) is 35.6 Å². The van der Waals surface area contributed by atoms with Crippen LogP contribution in [0.5, 0.6) is 11.5 Å². The van der Waals surface area contributed by atoms with E-state index in [1.165, 1.54) is 0 Å². The molecule has 2 N–H and O–H groups in total. The molecule has 0 amide bonds. The predicted molar refractivity (Wildman–Crippen MR) is 90.2 cm³/mol. The molecule has 0 spiro atoms. The number of fused-ring (bicyclic) bond motifs is 2. The van der Waals surface area contributed by atoms with Crippen molar-refractivity contribution in [1.29, 1.82) is 0 Å². The number of phenols is 2. The van der Waals surface area contributed by atoms with Gasteiger partial charge in [-0.15, -0.1) is 0 Å². The second-order valence-electron chi connectivity index (χ2n) is 5.36. The van der Waals surface area contributed by atoms with E-state index in [1.807, 2.05) is 60.7 Å². The maximum atomic E-state index is 10.4. The normalized spacial score (nSPS) is 10.2. The van der Waals surface area contributed by atoms with E-state index in [2.05, 4.69) is 0 Å². The van der Waals surface area contributed by atoms with Gasteiger partial charge in [0.2, 0.25) is 0 Å². The first kappa shape index (κ1) is 19.1. The summed E-state index contributed by atoms with van der Waals surface area (Å²) in [5.41, 5.74) is 1.35. The van der Waals surface area contributed by atoms with Crippen molar-refractivity contribution in [1.82, 2.24) is 0 Å². The Labute approximate surface area is 180 Å². The smallest absolute Gasteiger partial charge is 0.507 e. The van der Waals surface area contributed by atoms with Crippen molar-refractivity contribution >= 4 is 21.5 Å². The van der Waals surface area contributed by atoms with Gasteiger partial charge in [-0.2, -0.15) is 0 Å². The Hall–Kier alpha value is -1.21. The number of hydrogen-bond acceptors (Lipinski definition) is 2. The number of aromatic hydroxyl groups is 2. The van der Waals surface area contributed by atoms with Crippen molar-refractivity contribution < 1.29 is 64.7 Å². The van der Waals surface area contributed by atoms with E-state index in [4.69, 9.17) is 0 Å². The summed E-state index contributed by atoms with van der Waals surface area (Å²) in [5, 5.41) is 24.8. The van der Waals surface area contributed by atoms with Crippen LogP contribution in [0.15, 0.2) is 72.8 Å². The van der Waals surface area contributed by atoms with Crippen LogP contribution in [0.2, 0.25) is 0 Å². The first-order valence-corrected chi connectivity index (χ1v) is 7.17. The van der Waals surface area contributed by atoms with Gasteiger partial charge < -0.3 is 10.2 Å². The third kappa shape index (κ3) is 3.16. The maximum Gasteiger partial charge on any atom is 1.00 e. The van der Waals surface area contributed by atoms with Gasteiger partial charge in [-0.3, -0.25) is 0 Å². The molecule has 0 saturated heterocycles. The van der Waals surface area contributed by atoms with Crippen molar-refractivity contribution in [3.05, 3.63) is 72.8 Å². The average Bonchev–Trinajstić information content (AvgIpc) is 2.56. The zero-order valence-corrected chi connectivity index (χ0v) is 17.0. The molecule has 2 nitrogen and oxygen atoms in total. The number of rotatable bonds is 1. The fourth-order valence-corrected chi connectivity index (χ4v) is 3.05. The van der Waals surface area contributed by atoms with E-state index >= 15 is 0 Å². The minimum Gasteiger partial charge on any atom is -0.507 e. The standard InChI is InChI=1S/C20H14O2.La.Li/c21-17-11-9-13-5-1-3-7-15(13)19(17)20-16-8-4-2-6-14(16)10-12-18(20)22;;/h1-12,21-22H;;/q;;+1. The molecule has 0 unspecified atom stereocenters. The summed E-state index contributed by atoms with van der Waals surface area (Å²) >= 11 is 0. The molecule has 4 aromatic carbocycles. The molecule has 0 aliphatic rings. The second kappa shape index (κ2) is 7.78. The summed E-state index contributed by atoms with van der Waals surface area (Å²) in [5.74, 6) is 0.343. The minimum absolute atomic E-state index is 0. The number of benzene rings is 4. The van der Waals surface area contributed by atoms with E-state index in [9.17, 15) is 10.2 Å². The van der Waals surface area contributed by atoms with Crippen molar-refractivity contribution in [2.75, 3.05) is 0 Å². The SMILES string of the molecule is Oc1ccc2ccccc2c1-c1c(O)ccc2ccccc12.[La].[Li+]. The van der Waals surface area contributed by atoms with Crippen molar-refractivity contribution in [2.24, 2.45) is 0 Å². The predicted octanol–water partition coefficient (Wildman–Crippen LogP) is 2.08. The molecule has 1 radical (unpaired) electrons. The molecule has 109 valence electrons. The Morgan fingerprint density at radius 2 is 0.875 bits per heavy atom. The quantitative estimate of drug-likeness (QED) is 0.453. The minimum atomic E-state index is 0. The fourth-order valence-electron chi connectivity index (χ4n) is 3.05. The van der Waals surface area contributed by atoms with Crippen LogP contribution in [0.4, 0.5) is 0 Å². The maximum absolute atomic E-state index is 10.4. The molecule has 24 heavy (non-hydrogen) atoms. The van der Waals surface area contributed by atoms with Crippen LogP contribution in [0.25, 0.3) is 32.7 Å². The molecule has 4 rings (SSSR count). The van der Waals surface area contributed by atoms with Crippen LogP contribution in [-0.2, 0) is 0 Å². The monoisotopic (exact) mass is 432 g/mol. The number of phenolic OH excluding ortho intramolecular Hbond substituents is 2. The fraction of sp³-hybridized carbons (Fsp3) is 0. The molecule has 4 heteroatoms. The Bertz CT molecular complexity index is 931. The van der Waals surface area contributed by atoms with Crippen LogP contribution in [0.3, 0.4) is 0 Å². The number of hydrogen-bond donors (Lipinski definition) is 2. The van der Waals surface area contributed by atoms with Gasteiger partial charge in [0.25, 0.3) is 0 Å². The molecule has 0 saturated carbocycles. The zero-order valence-electron chi connectivity index (χ0n) is 13.4. The first-order valence-electron chi connectivity index (χ1n) is 7.17. The molecule has 4 aromatic rings. The average molecular weight is 432 g/mol. The van der Waals surface area contributed by atoms with Gasteiger partial charge in [0.05, 0.1) is 0 Å². The molecule has 0 fully saturated rings. The van der Waals surface area contributed by atoms with E-state index in [0.29, 0.717) is 11.1 Å². The van der Waals surface area contributed by atoms with Crippen LogP contribution in [0.1, 0.15) is 0 Å². The topological polar surface area (TPSA) is 40.5 Å². The summed E-state index contributed by atoms with van der Waals surface area (Å²) < 4.78 is 0. The van der Waals surface area contributed by atoms with Gasteiger partial charge in [0.1, 0.15) is 11.5 Å². The molecular weight excluding hydrogens is 418 g/mol. The van der Waals surface area contributed by atoms with Crippen LogP contribution >= 0.6 is 0 Å². The summed E-state index contributed by atoms with van der Waals surface area (Å²) in [6, 6.07) is 22.9. The van der Waals surface area contributed by atoms with E-state index in [0.717, 1.165) is 21.5 Å². The Morgan fingerprint density at radius 1 is 0.500 bits per heavy atom. The molecule has 0 heterocycles. The van der Waals surface area contributed by atoms with Gasteiger partial charge in [0, 0.05) is 46.7 Å². The molecule has 0 aliphatic heterocycles. The van der Waals surface area contributed by atoms with Gasteiger partial charge >= 0.3 is 18.9 Å². The summed E-state index contributed by atoms with van der Waals surface area (Å²) in [6.45, 7) is 0. The van der Waals surface area contributed by atoms with E-state index in [-0.39, 0.29) is 66.0 Å². The molecular formula is C20H14LaLiO2+. The van der Waals surface area contributed by atoms with Gasteiger partial charge in [-0.25, -0.2) is 0 Å². The summed E-state index contributed by atoms with van der Waals surface area (Å²) in [4.78, 5) is 0. The van der Waals surface area contributed by atoms with Crippen LogP contribution < -0.4 is 18.9 Å². The summed E-state index contributed by atoms with van der Waals surface area (Å²) in [7, 11) is 0. The largest absolute Gasteiger partial charge is 1.00 e. The zero-order chi connectivity index (χ0) is 15.1. The Morgan fingerprint density at radius 3 is 1.29 bits per heavy atom. The van der Waals surface area contributed by atoms with Crippen molar-refractivity contribution in [2.45, 2.75) is 0 Å². The molecule has 0 aliphatic carbocycles. The van der Waals surface area contributed by atoms with Crippen LogP contribution in [-0.4, -0.2) is 10.2 Å². The van der Waals surface area contributed by atoms with Gasteiger partial charge in [0.15, 0.2) is 0 Å². The van der Waals surface area contributed by atoms with Gasteiger partial charge in [-0.1, -0.05) is 60.7 Å². The third-order valence-corrected chi connectivity index (χ3v) is 4.06. The van der Waals surface area contributed by atoms with Crippen molar-refractivity contribution in [3.63, 3.8) is 0 Å². The van der Waals surface area contributed by atoms with E-state index in [1.54, 1.807) is 12.1 Å². The molecule has 0 aromatic heterocycles. The molecule has 0 bridgehead atoms.